The van der Waals surface area contributed by atoms with E-state index in [1.807, 2.05) is 6.34 Å². The lowest BCUT2D eigenvalue weighted by Gasteiger charge is -2.25. The predicted octanol–water partition coefficient (Wildman–Crippen LogP) is 3.89. The van der Waals surface area contributed by atoms with E-state index in [0.29, 0.717) is 11.7 Å². The fourth-order valence-electron chi connectivity index (χ4n) is 3.06. The number of anilines is 1. The summed E-state index contributed by atoms with van der Waals surface area (Å²) >= 11 is 2.24. The average molecular weight is 370 g/mol. The van der Waals surface area contributed by atoms with Crippen molar-refractivity contribution in [1.82, 2.24) is 0 Å². The molecular weight excluding hydrogens is 351 g/mol. The van der Waals surface area contributed by atoms with E-state index in [4.69, 9.17) is 0 Å². The maximum atomic E-state index is 10.3. The predicted molar refractivity (Wildman–Crippen MR) is 87.4 cm³/mol. The van der Waals surface area contributed by atoms with E-state index in [1.54, 1.807) is 0 Å². The van der Waals surface area contributed by atoms with Gasteiger partial charge in [0.15, 0.2) is 5.75 Å². The van der Waals surface area contributed by atoms with Gasteiger partial charge in [0.05, 0.1) is 22.1 Å². The number of phenolic OH excluding ortho intramolecular Hbond substituents is 1. The summed E-state index contributed by atoms with van der Waals surface area (Å²) in [6, 6.07) is 4.33. The standard InChI is InChI=1S/C15H19IN2O/c16-13-8-12(11-4-2-1-3-5-11)9-14(15(13)19)18-7-6-17-10-18/h8-11,19H,1-7H2. The molecule has 1 fully saturated rings. The van der Waals surface area contributed by atoms with Crippen LogP contribution in [0.2, 0.25) is 0 Å². The number of hydrogen-bond donors (Lipinski definition) is 1. The first-order chi connectivity index (χ1) is 9.25. The lowest BCUT2D eigenvalue weighted by Crippen LogP contribution is -2.19. The maximum absolute atomic E-state index is 10.3. The van der Waals surface area contributed by atoms with Crippen LogP contribution in [0.5, 0.6) is 5.75 Å². The van der Waals surface area contributed by atoms with E-state index < -0.39 is 0 Å². The lowest BCUT2D eigenvalue weighted by molar-refractivity contribution is 0.441. The van der Waals surface area contributed by atoms with Gasteiger partial charge in [0.1, 0.15) is 0 Å². The summed E-state index contributed by atoms with van der Waals surface area (Å²) in [4.78, 5) is 6.30. The van der Waals surface area contributed by atoms with Gasteiger partial charge >= 0.3 is 0 Å². The molecule has 1 saturated carbocycles. The third-order valence-corrected chi connectivity index (χ3v) is 4.96. The molecular formula is C15H19IN2O. The van der Waals surface area contributed by atoms with Crippen molar-refractivity contribution in [3.8, 4) is 5.75 Å². The van der Waals surface area contributed by atoms with Crippen molar-refractivity contribution in [2.24, 2.45) is 4.99 Å². The highest BCUT2D eigenvalue weighted by atomic mass is 127. The summed E-state index contributed by atoms with van der Waals surface area (Å²) in [6.45, 7) is 1.70. The Balaban J connectivity index is 1.94. The van der Waals surface area contributed by atoms with E-state index in [0.717, 1.165) is 22.3 Å². The molecule has 0 atom stereocenters. The molecule has 2 aliphatic rings. The molecule has 0 spiro atoms. The van der Waals surface area contributed by atoms with Gasteiger partial charge in [-0.3, -0.25) is 4.99 Å². The summed E-state index contributed by atoms with van der Waals surface area (Å²) in [5.41, 5.74) is 2.31. The molecule has 4 heteroatoms. The fraction of sp³-hybridized carbons (Fsp3) is 0.533. The summed E-state index contributed by atoms with van der Waals surface area (Å²) in [7, 11) is 0. The molecule has 1 N–H and O–H groups in total. The number of hydrogen-bond acceptors (Lipinski definition) is 3. The molecule has 0 saturated heterocycles. The van der Waals surface area contributed by atoms with Crippen molar-refractivity contribution >= 4 is 34.6 Å². The molecule has 3 nitrogen and oxygen atoms in total. The Morgan fingerprint density at radius 3 is 2.68 bits per heavy atom. The van der Waals surface area contributed by atoms with Gasteiger partial charge in [-0.05, 0) is 59.0 Å². The first-order valence-corrected chi connectivity index (χ1v) is 8.12. The first-order valence-electron chi connectivity index (χ1n) is 7.04. The van der Waals surface area contributed by atoms with Crippen molar-refractivity contribution in [2.45, 2.75) is 38.0 Å². The van der Waals surface area contributed by atoms with Crippen LogP contribution in [-0.2, 0) is 0 Å². The Morgan fingerprint density at radius 1 is 1.21 bits per heavy atom. The van der Waals surface area contributed by atoms with Crippen LogP contribution in [0.3, 0.4) is 0 Å². The van der Waals surface area contributed by atoms with Crippen LogP contribution < -0.4 is 4.90 Å². The number of benzene rings is 1. The fourth-order valence-corrected chi connectivity index (χ4v) is 3.69. The Hall–Kier alpha value is -0.780. The van der Waals surface area contributed by atoms with Crippen LogP contribution in [0.4, 0.5) is 5.69 Å². The molecule has 1 aliphatic heterocycles. The molecule has 0 unspecified atom stereocenters. The zero-order valence-corrected chi connectivity index (χ0v) is 13.1. The average Bonchev–Trinajstić information content (AvgIpc) is 2.96. The van der Waals surface area contributed by atoms with Crippen molar-refractivity contribution in [3.05, 3.63) is 21.3 Å². The molecule has 1 heterocycles. The van der Waals surface area contributed by atoms with Crippen LogP contribution >= 0.6 is 22.6 Å². The van der Waals surface area contributed by atoms with Crippen LogP contribution in [0, 0.1) is 3.57 Å². The Kier molecular flexibility index (Phi) is 3.96. The van der Waals surface area contributed by atoms with Gasteiger partial charge in [-0.15, -0.1) is 0 Å². The summed E-state index contributed by atoms with van der Waals surface area (Å²) in [5, 5.41) is 10.3. The van der Waals surface area contributed by atoms with Gasteiger partial charge < -0.3 is 10.0 Å². The molecule has 0 radical (unpaired) electrons. The molecule has 1 aliphatic carbocycles. The SMILES string of the molecule is Oc1c(I)cc(C2CCCCC2)cc1N1C=NCC1. The summed E-state index contributed by atoms with van der Waals surface area (Å²) in [5.74, 6) is 1.06. The monoisotopic (exact) mass is 370 g/mol. The van der Waals surface area contributed by atoms with E-state index in [-0.39, 0.29) is 0 Å². The van der Waals surface area contributed by atoms with Crippen molar-refractivity contribution < 1.29 is 5.11 Å². The molecule has 0 bridgehead atoms. The molecule has 0 amide bonds. The highest BCUT2D eigenvalue weighted by molar-refractivity contribution is 14.1. The van der Waals surface area contributed by atoms with Crippen LogP contribution in [-0.4, -0.2) is 24.5 Å². The highest BCUT2D eigenvalue weighted by Crippen LogP contribution is 2.39. The second-order valence-electron chi connectivity index (χ2n) is 5.42. The third-order valence-electron chi connectivity index (χ3n) is 4.14. The van der Waals surface area contributed by atoms with E-state index in [9.17, 15) is 5.11 Å². The van der Waals surface area contributed by atoms with Crippen LogP contribution in [0.1, 0.15) is 43.6 Å². The second-order valence-corrected chi connectivity index (χ2v) is 6.58. The quantitative estimate of drug-likeness (QED) is 0.802. The normalized spacial score (nSPS) is 20.2. The van der Waals surface area contributed by atoms with E-state index in [1.165, 1.54) is 37.7 Å². The van der Waals surface area contributed by atoms with Gasteiger partial charge in [-0.2, -0.15) is 0 Å². The smallest absolute Gasteiger partial charge is 0.152 e. The third kappa shape index (κ3) is 2.73. The van der Waals surface area contributed by atoms with Crippen molar-refractivity contribution in [1.29, 1.82) is 0 Å². The number of nitrogens with zero attached hydrogens (tertiary/aromatic N) is 2. The van der Waals surface area contributed by atoms with Crippen molar-refractivity contribution in [2.75, 3.05) is 18.0 Å². The van der Waals surface area contributed by atoms with Gasteiger partial charge in [0.25, 0.3) is 0 Å². The van der Waals surface area contributed by atoms with Crippen LogP contribution in [0.15, 0.2) is 17.1 Å². The van der Waals surface area contributed by atoms with Gasteiger partial charge in [0.2, 0.25) is 0 Å². The van der Waals surface area contributed by atoms with E-state index >= 15 is 0 Å². The minimum absolute atomic E-state index is 0.397. The summed E-state index contributed by atoms with van der Waals surface area (Å²) < 4.78 is 0.955. The zero-order valence-electron chi connectivity index (χ0n) is 11.0. The number of phenols is 1. The second kappa shape index (κ2) is 5.69. The molecule has 19 heavy (non-hydrogen) atoms. The minimum atomic E-state index is 0.397. The Labute approximate surface area is 127 Å². The number of aromatic hydroxyl groups is 1. The maximum Gasteiger partial charge on any atom is 0.152 e. The van der Waals surface area contributed by atoms with Gasteiger partial charge in [-0.25, -0.2) is 0 Å². The Morgan fingerprint density at radius 2 is 2.00 bits per heavy atom. The van der Waals surface area contributed by atoms with E-state index in [2.05, 4.69) is 44.6 Å². The number of aliphatic imine (C=N–C) groups is 1. The van der Waals surface area contributed by atoms with Gasteiger partial charge in [-0.1, -0.05) is 19.3 Å². The summed E-state index contributed by atoms with van der Waals surface area (Å²) in [6.07, 6.45) is 8.46. The molecule has 3 rings (SSSR count). The molecule has 0 aromatic heterocycles. The lowest BCUT2D eigenvalue weighted by atomic mass is 9.84. The highest BCUT2D eigenvalue weighted by Gasteiger charge is 2.21. The largest absolute Gasteiger partial charge is 0.505 e. The Bertz CT molecular complexity index is 495. The molecule has 1 aromatic carbocycles. The zero-order chi connectivity index (χ0) is 13.2. The minimum Gasteiger partial charge on any atom is -0.505 e. The number of rotatable bonds is 2. The number of halogens is 1. The topological polar surface area (TPSA) is 35.8 Å². The van der Waals surface area contributed by atoms with Gasteiger partial charge in [0, 0.05) is 6.54 Å². The van der Waals surface area contributed by atoms with Crippen molar-refractivity contribution in [3.63, 3.8) is 0 Å². The first kappa shape index (κ1) is 13.2. The molecule has 1 aromatic rings. The molecule has 102 valence electrons. The van der Waals surface area contributed by atoms with Crippen LogP contribution in [0.25, 0.3) is 0 Å².